The Kier molecular flexibility index (Phi) is 4.41. The molecule has 4 rings (SSSR count). The van der Waals surface area contributed by atoms with Gasteiger partial charge in [0.1, 0.15) is 5.52 Å². The number of amides is 1. The molecule has 1 unspecified atom stereocenters. The predicted octanol–water partition coefficient (Wildman–Crippen LogP) is 2.69. The van der Waals surface area contributed by atoms with E-state index in [4.69, 9.17) is 0 Å². The number of carbonyl (C=O) groups is 1. The fraction of sp³-hybridized carbons (Fsp3) is 0.368. The van der Waals surface area contributed by atoms with Crippen molar-refractivity contribution in [3.8, 4) is 0 Å². The van der Waals surface area contributed by atoms with Crippen molar-refractivity contribution in [2.75, 3.05) is 13.1 Å². The summed E-state index contributed by atoms with van der Waals surface area (Å²) >= 11 is 0. The molecule has 0 aliphatic carbocycles. The first kappa shape index (κ1) is 15.7. The first-order valence-corrected chi connectivity index (χ1v) is 8.78. The number of nitrogens with zero attached hydrogens (tertiary/aromatic N) is 4. The summed E-state index contributed by atoms with van der Waals surface area (Å²) in [4.78, 5) is 23.2. The maximum absolute atomic E-state index is 12.6. The van der Waals surface area contributed by atoms with Gasteiger partial charge in [0, 0.05) is 37.8 Å². The highest BCUT2D eigenvalue weighted by molar-refractivity contribution is 5.77. The number of aryl methyl sites for hydroxylation is 1. The minimum atomic E-state index is 0.225. The van der Waals surface area contributed by atoms with Gasteiger partial charge < -0.3 is 4.90 Å². The molecule has 1 saturated heterocycles. The smallest absolute Gasteiger partial charge is 0.222 e. The highest BCUT2D eigenvalue weighted by Gasteiger charge is 2.27. The third-order valence-electron chi connectivity index (χ3n) is 4.87. The number of likely N-dealkylation sites (tertiary alicyclic amines) is 1. The number of aromatic amines is 1. The van der Waals surface area contributed by atoms with Crippen molar-refractivity contribution in [3.05, 3.63) is 54.0 Å². The lowest BCUT2D eigenvalue weighted by Crippen LogP contribution is -2.39. The summed E-state index contributed by atoms with van der Waals surface area (Å²) in [5.74, 6) is 0.472. The molecular weight excluding hydrogens is 314 g/mol. The highest BCUT2D eigenvalue weighted by atomic mass is 16.2. The zero-order valence-corrected chi connectivity index (χ0v) is 14.1. The van der Waals surface area contributed by atoms with Crippen molar-refractivity contribution < 1.29 is 4.79 Å². The van der Waals surface area contributed by atoms with Gasteiger partial charge in [0.25, 0.3) is 0 Å². The van der Waals surface area contributed by atoms with Gasteiger partial charge in [-0.15, -0.1) is 0 Å². The topological polar surface area (TPSA) is 74.8 Å². The Morgan fingerprint density at radius 1 is 1.20 bits per heavy atom. The quantitative estimate of drug-likeness (QED) is 0.795. The van der Waals surface area contributed by atoms with Gasteiger partial charge in [-0.05, 0) is 24.8 Å². The van der Waals surface area contributed by atoms with E-state index in [1.165, 1.54) is 5.56 Å². The number of benzene rings is 1. The number of H-pyrrole nitrogens is 1. The second kappa shape index (κ2) is 7.01. The van der Waals surface area contributed by atoms with Crippen LogP contribution in [0.4, 0.5) is 0 Å². The van der Waals surface area contributed by atoms with E-state index in [1.54, 1.807) is 12.4 Å². The molecule has 0 saturated carbocycles. The average molecular weight is 335 g/mol. The number of carbonyl (C=O) groups excluding carboxylic acids is 1. The van der Waals surface area contributed by atoms with Crippen molar-refractivity contribution in [3.63, 3.8) is 0 Å². The molecule has 128 valence electrons. The number of hydrogen-bond donors (Lipinski definition) is 1. The summed E-state index contributed by atoms with van der Waals surface area (Å²) in [5.41, 5.74) is 3.68. The fourth-order valence-corrected chi connectivity index (χ4v) is 3.55. The Morgan fingerprint density at radius 3 is 2.92 bits per heavy atom. The summed E-state index contributed by atoms with van der Waals surface area (Å²) in [6.07, 6.45) is 6.72. The lowest BCUT2D eigenvalue weighted by molar-refractivity contribution is -0.132. The van der Waals surface area contributed by atoms with E-state index in [0.717, 1.165) is 43.6 Å². The van der Waals surface area contributed by atoms with E-state index < -0.39 is 0 Å². The number of aromatic nitrogens is 4. The Bertz CT molecular complexity index is 860. The molecule has 1 atom stereocenters. The average Bonchev–Trinajstić information content (AvgIpc) is 3.11. The lowest BCUT2D eigenvalue weighted by atomic mass is 9.94. The predicted molar refractivity (Wildman–Crippen MR) is 95.0 cm³/mol. The number of rotatable bonds is 4. The summed E-state index contributed by atoms with van der Waals surface area (Å²) in [6, 6.07) is 10.2. The van der Waals surface area contributed by atoms with Crippen molar-refractivity contribution >= 4 is 17.1 Å². The summed E-state index contributed by atoms with van der Waals surface area (Å²) in [6.45, 7) is 1.56. The van der Waals surface area contributed by atoms with Gasteiger partial charge in [-0.1, -0.05) is 30.3 Å². The Morgan fingerprint density at radius 2 is 2.04 bits per heavy atom. The van der Waals surface area contributed by atoms with Crippen LogP contribution in [0.3, 0.4) is 0 Å². The van der Waals surface area contributed by atoms with Crippen LogP contribution in [0.1, 0.15) is 36.4 Å². The van der Waals surface area contributed by atoms with Crippen molar-refractivity contribution in [2.24, 2.45) is 0 Å². The highest BCUT2D eigenvalue weighted by Crippen LogP contribution is 2.29. The lowest BCUT2D eigenvalue weighted by Gasteiger charge is -2.32. The van der Waals surface area contributed by atoms with E-state index in [0.29, 0.717) is 12.1 Å². The van der Waals surface area contributed by atoms with Crippen LogP contribution >= 0.6 is 0 Å². The van der Waals surface area contributed by atoms with Gasteiger partial charge in [0.2, 0.25) is 5.91 Å². The Balaban J connectivity index is 1.43. The van der Waals surface area contributed by atoms with Crippen LogP contribution in [0.25, 0.3) is 11.2 Å². The van der Waals surface area contributed by atoms with E-state index in [1.807, 2.05) is 23.1 Å². The summed E-state index contributed by atoms with van der Waals surface area (Å²) < 4.78 is 0. The van der Waals surface area contributed by atoms with E-state index in [-0.39, 0.29) is 11.8 Å². The van der Waals surface area contributed by atoms with Crippen LogP contribution in [0.15, 0.2) is 42.7 Å². The molecular formula is C19H21N5O. The molecule has 0 spiro atoms. The molecule has 1 aliphatic heterocycles. The molecule has 6 heteroatoms. The fourth-order valence-electron chi connectivity index (χ4n) is 3.55. The normalized spacial score (nSPS) is 17.8. The molecule has 0 bridgehead atoms. The third kappa shape index (κ3) is 3.38. The van der Waals surface area contributed by atoms with Gasteiger partial charge in [0.15, 0.2) is 5.65 Å². The second-order valence-electron chi connectivity index (χ2n) is 6.53. The second-order valence-corrected chi connectivity index (χ2v) is 6.53. The molecule has 0 radical (unpaired) electrons. The Hall–Kier alpha value is -2.76. The van der Waals surface area contributed by atoms with E-state index in [9.17, 15) is 4.79 Å². The van der Waals surface area contributed by atoms with E-state index >= 15 is 0 Å². The SMILES string of the molecule is O=C(CCc1ccccc1)N1CCCC(c2[nH]nc3nccnc23)C1. The number of hydrogen-bond acceptors (Lipinski definition) is 4. The van der Waals surface area contributed by atoms with Gasteiger partial charge in [-0.2, -0.15) is 5.10 Å². The van der Waals surface area contributed by atoms with E-state index in [2.05, 4.69) is 32.3 Å². The molecule has 25 heavy (non-hydrogen) atoms. The van der Waals surface area contributed by atoms with Crippen LogP contribution < -0.4 is 0 Å². The van der Waals surface area contributed by atoms with Crippen molar-refractivity contribution in [1.82, 2.24) is 25.1 Å². The monoisotopic (exact) mass is 335 g/mol. The zero-order chi connectivity index (χ0) is 17.1. The molecule has 6 nitrogen and oxygen atoms in total. The minimum absolute atomic E-state index is 0.225. The first-order chi connectivity index (χ1) is 12.3. The van der Waals surface area contributed by atoms with Gasteiger partial charge in [0.05, 0.1) is 5.69 Å². The number of piperidine rings is 1. The zero-order valence-electron chi connectivity index (χ0n) is 14.1. The summed E-state index contributed by atoms with van der Waals surface area (Å²) in [5, 5.41) is 7.33. The van der Waals surface area contributed by atoms with Crippen LogP contribution in [-0.4, -0.2) is 44.1 Å². The number of nitrogens with one attached hydrogen (secondary N) is 1. The first-order valence-electron chi connectivity index (χ1n) is 8.78. The van der Waals surface area contributed by atoms with Crippen LogP contribution in [-0.2, 0) is 11.2 Å². The maximum Gasteiger partial charge on any atom is 0.222 e. The van der Waals surface area contributed by atoms with Gasteiger partial charge in [-0.3, -0.25) is 9.89 Å². The van der Waals surface area contributed by atoms with Gasteiger partial charge in [-0.25, -0.2) is 9.97 Å². The molecule has 1 aliphatic rings. The maximum atomic E-state index is 12.6. The third-order valence-corrected chi connectivity index (χ3v) is 4.87. The Labute approximate surface area is 146 Å². The molecule has 3 aromatic rings. The van der Waals surface area contributed by atoms with Crippen molar-refractivity contribution in [1.29, 1.82) is 0 Å². The molecule has 1 aromatic carbocycles. The van der Waals surface area contributed by atoms with Gasteiger partial charge >= 0.3 is 0 Å². The molecule has 1 amide bonds. The molecule has 3 heterocycles. The molecule has 1 fully saturated rings. The van der Waals surface area contributed by atoms with Crippen LogP contribution in [0.2, 0.25) is 0 Å². The summed E-state index contributed by atoms with van der Waals surface area (Å²) in [7, 11) is 0. The molecule has 2 aromatic heterocycles. The van der Waals surface area contributed by atoms with Crippen LogP contribution in [0.5, 0.6) is 0 Å². The largest absolute Gasteiger partial charge is 0.342 e. The van der Waals surface area contributed by atoms with Crippen LogP contribution in [0, 0.1) is 0 Å². The van der Waals surface area contributed by atoms with Crippen molar-refractivity contribution in [2.45, 2.75) is 31.6 Å². The standard InChI is InChI=1S/C19H21N5O/c25-16(9-8-14-5-2-1-3-6-14)24-12-4-7-15(13-24)17-18-19(23-22-17)21-11-10-20-18/h1-3,5-6,10-11,15H,4,7-9,12-13H2,(H,21,22,23). The number of fused-ring (bicyclic) bond motifs is 1. The minimum Gasteiger partial charge on any atom is -0.342 e. The molecule has 1 N–H and O–H groups in total.